The quantitative estimate of drug-likeness (QED) is 0.860. The molecule has 0 aromatic carbocycles. The van der Waals surface area contributed by atoms with Crippen molar-refractivity contribution in [3.63, 3.8) is 0 Å². The number of nitrogens with one attached hydrogen (secondary N) is 1. The standard InChI is InChI=1S/C13H24N6.ClH/c1-2-9-18(11-5-7-14-8-6-11)10-13-15-16-17-19(13)12-3-4-12;/h11-12,14H,2-10H2,1H3;1H. The van der Waals surface area contributed by atoms with Crippen LogP contribution in [-0.4, -0.2) is 50.8 Å². The maximum atomic E-state index is 4.24. The van der Waals surface area contributed by atoms with Crippen LogP contribution in [-0.2, 0) is 6.54 Å². The van der Waals surface area contributed by atoms with Crippen LogP contribution >= 0.6 is 12.4 Å². The van der Waals surface area contributed by atoms with Gasteiger partial charge in [0.05, 0.1) is 12.6 Å². The maximum Gasteiger partial charge on any atom is 0.165 e. The minimum Gasteiger partial charge on any atom is -0.317 e. The lowest BCUT2D eigenvalue weighted by Gasteiger charge is -2.34. The van der Waals surface area contributed by atoms with Crippen LogP contribution in [0.5, 0.6) is 0 Å². The molecule has 114 valence electrons. The maximum absolute atomic E-state index is 4.24. The van der Waals surface area contributed by atoms with Crippen LogP contribution in [0.1, 0.15) is 50.9 Å². The molecular formula is C13H25ClN6. The van der Waals surface area contributed by atoms with Gasteiger partial charge in [0.25, 0.3) is 0 Å². The summed E-state index contributed by atoms with van der Waals surface area (Å²) in [5.41, 5.74) is 0. The molecule has 1 aliphatic heterocycles. The summed E-state index contributed by atoms with van der Waals surface area (Å²) in [7, 11) is 0. The lowest BCUT2D eigenvalue weighted by Crippen LogP contribution is -2.43. The summed E-state index contributed by atoms with van der Waals surface area (Å²) in [4.78, 5) is 2.57. The topological polar surface area (TPSA) is 58.9 Å². The Morgan fingerprint density at radius 2 is 2.00 bits per heavy atom. The fourth-order valence-electron chi connectivity index (χ4n) is 2.95. The van der Waals surface area contributed by atoms with Crippen molar-refractivity contribution in [1.82, 2.24) is 30.4 Å². The second-order valence-corrected chi connectivity index (χ2v) is 5.72. The summed E-state index contributed by atoms with van der Waals surface area (Å²) in [5, 5.41) is 15.7. The largest absolute Gasteiger partial charge is 0.317 e. The van der Waals surface area contributed by atoms with Crippen molar-refractivity contribution in [2.24, 2.45) is 0 Å². The van der Waals surface area contributed by atoms with E-state index in [1.807, 2.05) is 4.68 Å². The Kier molecular flexibility index (Phi) is 5.74. The van der Waals surface area contributed by atoms with Gasteiger partial charge in [-0.3, -0.25) is 4.90 Å². The first-order valence-electron chi connectivity index (χ1n) is 7.60. The molecule has 6 nitrogen and oxygen atoms in total. The van der Waals surface area contributed by atoms with Gasteiger partial charge in [0.1, 0.15) is 0 Å². The molecule has 3 rings (SSSR count). The molecule has 1 aliphatic carbocycles. The molecule has 0 spiro atoms. The molecule has 1 N–H and O–H groups in total. The SMILES string of the molecule is CCCN(Cc1nnnn1C1CC1)C1CCNCC1.Cl. The van der Waals surface area contributed by atoms with Gasteiger partial charge in [-0.1, -0.05) is 6.92 Å². The van der Waals surface area contributed by atoms with Gasteiger partial charge in [-0.05, 0) is 62.2 Å². The number of nitrogens with zero attached hydrogens (tertiary/aromatic N) is 5. The Balaban J connectivity index is 0.00000147. The first-order chi connectivity index (χ1) is 9.38. The molecule has 1 saturated carbocycles. The summed E-state index contributed by atoms with van der Waals surface area (Å²) < 4.78 is 2.05. The smallest absolute Gasteiger partial charge is 0.165 e. The van der Waals surface area contributed by atoms with Crippen LogP contribution in [0, 0.1) is 0 Å². The van der Waals surface area contributed by atoms with Crippen LogP contribution in [0.2, 0.25) is 0 Å². The zero-order valence-corrected chi connectivity index (χ0v) is 13.0. The summed E-state index contributed by atoms with van der Waals surface area (Å²) in [5.74, 6) is 1.05. The number of tetrazole rings is 1. The molecule has 7 heteroatoms. The van der Waals surface area contributed by atoms with E-state index in [4.69, 9.17) is 0 Å². The lowest BCUT2D eigenvalue weighted by atomic mass is 10.0. The van der Waals surface area contributed by atoms with Gasteiger partial charge >= 0.3 is 0 Å². The molecule has 2 aliphatic rings. The van der Waals surface area contributed by atoms with Crippen LogP contribution in [0.15, 0.2) is 0 Å². The van der Waals surface area contributed by atoms with Gasteiger partial charge < -0.3 is 5.32 Å². The fraction of sp³-hybridized carbons (Fsp3) is 0.923. The van der Waals surface area contributed by atoms with Crippen LogP contribution in [0.4, 0.5) is 0 Å². The van der Waals surface area contributed by atoms with Crippen molar-refractivity contribution >= 4 is 12.4 Å². The Hall–Kier alpha value is -0.720. The number of rotatable bonds is 6. The van der Waals surface area contributed by atoms with Gasteiger partial charge in [-0.2, -0.15) is 0 Å². The van der Waals surface area contributed by atoms with Crippen molar-refractivity contribution in [1.29, 1.82) is 0 Å². The Morgan fingerprint density at radius 3 is 2.65 bits per heavy atom. The summed E-state index contributed by atoms with van der Waals surface area (Å²) in [6, 6.07) is 1.26. The van der Waals surface area contributed by atoms with Gasteiger partial charge in [0, 0.05) is 6.04 Å². The van der Waals surface area contributed by atoms with Crippen molar-refractivity contribution in [2.75, 3.05) is 19.6 Å². The van der Waals surface area contributed by atoms with E-state index in [0.717, 1.165) is 32.0 Å². The van der Waals surface area contributed by atoms with E-state index >= 15 is 0 Å². The van der Waals surface area contributed by atoms with Crippen molar-refractivity contribution in [3.05, 3.63) is 5.82 Å². The molecule has 0 bridgehead atoms. The Labute approximate surface area is 126 Å². The van der Waals surface area contributed by atoms with Gasteiger partial charge in [0.2, 0.25) is 0 Å². The average Bonchev–Trinajstić information content (AvgIpc) is 3.19. The number of piperidine rings is 1. The van der Waals surface area contributed by atoms with E-state index in [2.05, 4.69) is 32.7 Å². The lowest BCUT2D eigenvalue weighted by molar-refractivity contribution is 0.148. The molecule has 1 saturated heterocycles. The summed E-state index contributed by atoms with van der Waals surface area (Å²) in [6.07, 6.45) is 6.14. The van der Waals surface area contributed by atoms with E-state index in [1.165, 1.54) is 32.1 Å². The van der Waals surface area contributed by atoms with Crippen LogP contribution < -0.4 is 5.32 Å². The van der Waals surface area contributed by atoms with Crippen LogP contribution in [0.3, 0.4) is 0 Å². The molecule has 1 aromatic heterocycles. The third-order valence-electron chi connectivity index (χ3n) is 4.13. The van der Waals surface area contributed by atoms with Crippen molar-refractivity contribution in [2.45, 2.75) is 57.7 Å². The highest BCUT2D eigenvalue weighted by molar-refractivity contribution is 5.85. The molecule has 0 unspecified atom stereocenters. The highest BCUT2D eigenvalue weighted by Crippen LogP contribution is 2.34. The molecule has 2 heterocycles. The normalized spacial score (nSPS) is 20.1. The first kappa shape index (κ1) is 15.7. The number of hydrogen-bond donors (Lipinski definition) is 1. The Morgan fingerprint density at radius 1 is 1.25 bits per heavy atom. The van der Waals surface area contributed by atoms with E-state index in [-0.39, 0.29) is 12.4 Å². The molecule has 2 fully saturated rings. The monoisotopic (exact) mass is 300 g/mol. The highest BCUT2D eigenvalue weighted by atomic mass is 35.5. The van der Waals surface area contributed by atoms with Gasteiger partial charge in [0.15, 0.2) is 5.82 Å². The molecule has 0 amide bonds. The number of aromatic nitrogens is 4. The van der Waals surface area contributed by atoms with E-state index in [9.17, 15) is 0 Å². The fourth-order valence-corrected chi connectivity index (χ4v) is 2.95. The van der Waals surface area contributed by atoms with E-state index in [0.29, 0.717) is 12.1 Å². The third-order valence-corrected chi connectivity index (χ3v) is 4.13. The number of hydrogen-bond acceptors (Lipinski definition) is 5. The molecule has 0 radical (unpaired) electrons. The second-order valence-electron chi connectivity index (χ2n) is 5.72. The molecular weight excluding hydrogens is 276 g/mol. The van der Waals surface area contributed by atoms with Crippen molar-refractivity contribution in [3.8, 4) is 0 Å². The summed E-state index contributed by atoms with van der Waals surface area (Å²) >= 11 is 0. The van der Waals surface area contributed by atoms with Crippen LogP contribution in [0.25, 0.3) is 0 Å². The third kappa shape index (κ3) is 3.68. The zero-order valence-electron chi connectivity index (χ0n) is 12.2. The minimum atomic E-state index is 0. The van der Waals surface area contributed by atoms with E-state index < -0.39 is 0 Å². The van der Waals surface area contributed by atoms with Gasteiger partial charge in [-0.15, -0.1) is 17.5 Å². The first-order valence-corrected chi connectivity index (χ1v) is 7.60. The van der Waals surface area contributed by atoms with Gasteiger partial charge in [-0.25, -0.2) is 4.68 Å². The summed E-state index contributed by atoms with van der Waals surface area (Å²) in [6.45, 7) is 6.57. The molecule has 1 aromatic rings. The molecule has 0 atom stereocenters. The minimum absolute atomic E-state index is 0. The highest BCUT2D eigenvalue weighted by Gasteiger charge is 2.29. The predicted octanol–water partition coefficient (Wildman–Crippen LogP) is 1.39. The number of halogens is 1. The average molecular weight is 301 g/mol. The Bertz CT molecular complexity index is 399. The molecule has 20 heavy (non-hydrogen) atoms. The predicted molar refractivity (Wildman–Crippen MR) is 79.9 cm³/mol. The van der Waals surface area contributed by atoms with E-state index in [1.54, 1.807) is 0 Å². The second kappa shape index (κ2) is 7.33. The zero-order chi connectivity index (χ0) is 13.1. The van der Waals surface area contributed by atoms with Crippen molar-refractivity contribution < 1.29 is 0 Å².